The normalized spacial score (nSPS) is 10.8. The van der Waals surface area contributed by atoms with E-state index in [9.17, 15) is 0 Å². The lowest BCUT2D eigenvalue weighted by Crippen LogP contribution is -2.06. The number of anilines is 1. The van der Waals surface area contributed by atoms with Crippen molar-refractivity contribution in [3.8, 4) is 0 Å². The fourth-order valence-electron chi connectivity index (χ4n) is 1.61. The maximum absolute atomic E-state index is 6.00. The first-order valence-electron chi connectivity index (χ1n) is 5.22. The largest absolute Gasteiger partial charge is 0.383 e. The van der Waals surface area contributed by atoms with Gasteiger partial charge in [-0.15, -0.1) is 0 Å². The number of nitrogens with two attached hydrogens (primary N) is 1. The first kappa shape index (κ1) is 12.9. The third-order valence-corrected chi connectivity index (χ3v) is 4.85. The standard InChI is InChI=1S/C12H13BrIN3/c1-7-3-4-9(5-10(7)13)6-17-12(15)11(14)8(2)16-17/h3-5H,6,15H2,1-2H3. The second kappa shape index (κ2) is 4.97. The molecule has 0 saturated carbocycles. The van der Waals surface area contributed by atoms with Gasteiger partial charge >= 0.3 is 0 Å². The van der Waals surface area contributed by atoms with E-state index in [0.717, 1.165) is 19.6 Å². The van der Waals surface area contributed by atoms with Gasteiger partial charge in [0.2, 0.25) is 0 Å². The number of nitrogen functional groups attached to an aromatic ring is 1. The van der Waals surface area contributed by atoms with Crippen LogP contribution in [-0.2, 0) is 6.54 Å². The molecule has 1 aromatic carbocycles. The summed E-state index contributed by atoms with van der Waals surface area (Å²) in [5, 5.41) is 4.43. The van der Waals surface area contributed by atoms with Crippen molar-refractivity contribution >= 4 is 44.3 Å². The van der Waals surface area contributed by atoms with Gasteiger partial charge in [-0.3, -0.25) is 0 Å². The van der Waals surface area contributed by atoms with Crippen LogP contribution in [0.5, 0.6) is 0 Å². The van der Waals surface area contributed by atoms with Crippen LogP contribution < -0.4 is 5.73 Å². The summed E-state index contributed by atoms with van der Waals surface area (Å²) in [5.41, 5.74) is 9.40. The second-order valence-corrected chi connectivity index (χ2v) is 5.96. The highest BCUT2D eigenvalue weighted by molar-refractivity contribution is 14.1. The zero-order chi connectivity index (χ0) is 12.6. The Morgan fingerprint density at radius 3 is 2.65 bits per heavy atom. The van der Waals surface area contributed by atoms with Crippen LogP contribution in [-0.4, -0.2) is 9.78 Å². The lowest BCUT2D eigenvalue weighted by atomic mass is 10.1. The number of benzene rings is 1. The highest BCUT2D eigenvalue weighted by Crippen LogP contribution is 2.22. The first-order chi connectivity index (χ1) is 7.99. The topological polar surface area (TPSA) is 43.8 Å². The summed E-state index contributed by atoms with van der Waals surface area (Å²) in [4.78, 5) is 0. The van der Waals surface area contributed by atoms with E-state index in [0.29, 0.717) is 6.54 Å². The Morgan fingerprint density at radius 2 is 2.12 bits per heavy atom. The van der Waals surface area contributed by atoms with Crippen LogP contribution in [0, 0.1) is 17.4 Å². The van der Waals surface area contributed by atoms with Crippen molar-refractivity contribution in [2.75, 3.05) is 5.73 Å². The first-order valence-corrected chi connectivity index (χ1v) is 7.09. The summed E-state index contributed by atoms with van der Waals surface area (Å²) in [6, 6.07) is 6.30. The summed E-state index contributed by atoms with van der Waals surface area (Å²) in [6.45, 7) is 4.75. The van der Waals surface area contributed by atoms with E-state index in [4.69, 9.17) is 5.73 Å². The van der Waals surface area contributed by atoms with Crippen LogP contribution in [0.25, 0.3) is 0 Å². The minimum absolute atomic E-state index is 0.703. The molecule has 0 aliphatic rings. The van der Waals surface area contributed by atoms with Crippen molar-refractivity contribution < 1.29 is 0 Å². The number of hydrogen-bond donors (Lipinski definition) is 1. The minimum Gasteiger partial charge on any atom is -0.383 e. The third-order valence-electron chi connectivity index (χ3n) is 2.66. The van der Waals surface area contributed by atoms with E-state index >= 15 is 0 Å². The van der Waals surface area contributed by atoms with E-state index in [1.807, 2.05) is 11.6 Å². The molecule has 2 N–H and O–H groups in total. The highest BCUT2D eigenvalue weighted by Gasteiger charge is 2.09. The number of hydrogen-bond acceptors (Lipinski definition) is 2. The lowest BCUT2D eigenvalue weighted by Gasteiger charge is -2.06. The van der Waals surface area contributed by atoms with Crippen molar-refractivity contribution in [2.24, 2.45) is 0 Å². The zero-order valence-corrected chi connectivity index (χ0v) is 13.4. The molecule has 0 radical (unpaired) electrons. The van der Waals surface area contributed by atoms with Crippen molar-refractivity contribution in [3.63, 3.8) is 0 Å². The predicted molar refractivity (Wildman–Crippen MR) is 82.1 cm³/mol. The molecule has 0 aliphatic carbocycles. The van der Waals surface area contributed by atoms with E-state index in [2.05, 4.69) is 68.7 Å². The summed E-state index contributed by atoms with van der Waals surface area (Å²) < 4.78 is 4.00. The third kappa shape index (κ3) is 2.65. The summed E-state index contributed by atoms with van der Waals surface area (Å²) >= 11 is 5.76. The molecule has 3 nitrogen and oxygen atoms in total. The average Bonchev–Trinajstić information content (AvgIpc) is 2.52. The van der Waals surface area contributed by atoms with Crippen molar-refractivity contribution in [2.45, 2.75) is 20.4 Å². The van der Waals surface area contributed by atoms with Crippen LogP contribution in [0.1, 0.15) is 16.8 Å². The number of rotatable bonds is 2. The fourth-order valence-corrected chi connectivity index (χ4v) is 2.42. The molecule has 1 aromatic heterocycles. The van der Waals surface area contributed by atoms with Gasteiger partial charge in [0.05, 0.1) is 15.8 Å². The summed E-state index contributed by atoms with van der Waals surface area (Å²) in [7, 11) is 0. The van der Waals surface area contributed by atoms with Gasteiger partial charge in [0.1, 0.15) is 5.82 Å². The maximum Gasteiger partial charge on any atom is 0.135 e. The molecule has 0 saturated heterocycles. The van der Waals surface area contributed by atoms with Gasteiger partial charge in [-0.05, 0) is 53.6 Å². The van der Waals surface area contributed by atoms with Gasteiger partial charge in [-0.2, -0.15) is 5.10 Å². The molecule has 1 heterocycles. The van der Waals surface area contributed by atoms with Gasteiger partial charge in [0, 0.05) is 4.47 Å². The number of aromatic nitrogens is 2. The molecule has 0 atom stereocenters. The Labute approximate surface area is 123 Å². The quantitative estimate of drug-likeness (QED) is 0.777. The molecule has 0 aliphatic heterocycles. The van der Waals surface area contributed by atoms with Crippen LogP contribution in [0.15, 0.2) is 22.7 Å². The molecular weight excluding hydrogens is 393 g/mol. The summed E-state index contributed by atoms with van der Waals surface area (Å²) in [6.07, 6.45) is 0. The predicted octanol–water partition coefficient (Wildman–Crippen LogP) is 3.50. The summed E-state index contributed by atoms with van der Waals surface area (Å²) in [5.74, 6) is 0.736. The Kier molecular flexibility index (Phi) is 3.77. The van der Waals surface area contributed by atoms with E-state index in [1.54, 1.807) is 0 Å². The molecule has 0 amide bonds. The number of halogens is 2. The molecular formula is C12H13BrIN3. The Bertz CT molecular complexity index is 563. The molecule has 17 heavy (non-hydrogen) atoms. The van der Waals surface area contributed by atoms with Gasteiger partial charge in [-0.25, -0.2) is 4.68 Å². The highest BCUT2D eigenvalue weighted by atomic mass is 127. The van der Waals surface area contributed by atoms with Crippen molar-refractivity contribution in [1.82, 2.24) is 9.78 Å². The lowest BCUT2D eigenvalue weighted by molar-refractivity contribution is 0.689. The van der Waals surface area contributed by atoms with Crippen molar-refractivity contribution in [3.05, 3.63) is 43.1 Å². The molecule has 5 heteroatoms. The number of nitrogens with zero attached hydrogens (tertiary/aromatic N) is 2. The average molecular weight is 406 g/mol. The van der Waals surface area contributed by atoms with Crippen LogP contribution in [0.2, 0.25) is 0 Å². The minimum atomic E-state index is 0.703. The van der Waals surface area contributed by atoms with Gasteiger partial charge in [0.25, 0.3) is 0 Å². The molecule has 0 fully saturated rings. The molecule has 0 spiro atoms. The molecule has 0 unspecified atom stereocenters. The van der Waals surface area contributed by atoms with E-state index < -0.39 is 0 Å². The Balaban J connectivity index is 2.31. The maximum atomic E-state index is 6.00. The fraction of sp³-hybridized carbons (Fsp3) is 0.250. The van der Waals surface area contributed by atoms with Gasteiger partial charge in [0.15, 0.2) is 0 Å². The smallest absolute Gasteiger partial charge is 0.135 e. The van der Waals surface area contributed by atoms with Gasteiger partial charge in [-0.1, -0.05) is 28.1 Å². The Hall–Kier alpha value is -0.560. The zero-order valence-electron chi connectivity index (χ0n) is 9.67. The van der Waals surface area contributed by atoms with Crippen LogP contribution >= 0.6 is 38.5 Å². The molecule has 2 rings (SSSR count). The van der Waals surface area contributed by atoms with Gasteiger partial charge < -0.3 is 5.73 Å². The van der Waals surface area contributed by atoms with Crippen molar-refractivity contribution in [1.29, 1.82) is 0 Å². The molecule has 2 aromatic rings. The second-order valence-electron chi connectivity index (χ2n) is 4.03. The van der Waals surface area contributed by atoms with Crippen LogP contribution in [0.4, 0.5) is 5.82 Å². The van der Waals surface area contributed by atoms with E-state index in [1.165, 1.54) is 11.1 Å². The Morgan fingerprint density at radius 1 is 1.41 bits per heavy atom. The molecule has 90 valence electrons. The van der Waals surface area contributed by atoms with Crippen LogP contribution in [0.3, 0.4) is 0 Å². The SMILES string of the molecule is Cc1ccc(Cn2nc(C)c(I)c2N)cc1Br. The van der Waals surface area contributed by atoms with E-state index in [-0.39, 0.29) is 0 Å². The number of aryl methyl sites for hydroxylation is 2. The monoisotopic (exact) mass is 405 g/mol. The molecule has 0 bridgehead atoms.